The van der Waals surface area contributed by atoms with Crippen LogP contribution in [-0.4, -0.2) is 16.1 Å². The minimum absolute atomic E-state index is 0.0138. The molecule has 0 aliphatic carbocycles. The Balaban J connectivity index is 1.90. The molecule has 0 radical (unpaired) electrons. The summed E-state index contributed by atoms with van der Waals surface area (Å²) in [5.41, 5.74) is 2.59. The minimum Gasteiger partial charge on any atom is -0.491 e. The molecule has 1 aliphatic heterocycles. The minimum atomic E-state index is -1.46. The third kappa shape index (κ3) is 3.32. The van der Waals surface area contributed by atoms with Crippen LogP contribution in [0.1, 0.15) is 35.3 Å². The molecule has 1 heterocycles. The first-order valence-corrected chi connectivity index (χ1v) is 10.3. The Kier molecular flexibility index (Phi) is 4.97. The van der Waals surface area contributed by atoms with E-state index in [1.165, 1.54) is 0 Å². The van der Waals surface area contributed by atoms with E-state index < -0.39 is 10.8 Å². The van der Waals surface area contributed by atoms with E-state index in [0.717, 1.165) is 5.56 Å². The predicted octanol–water partition coefficient (Wildman–Crippen LogP) is 5.35. The molecule has 0 N–H and O–H groups in total. The van der Waals surface area contributed by atoms with Gasteiger partial charge in [0.1, 0.15) is 5.75 Å². The maximum absolute atomic E-state index is 13.4. The van der Waals surface area contributed by atoms with Gasteiger partial charge in [-0.05, 0) is 37.6 Å². The molecule has 0 amide bonds. The van der Waals surface area contributed by atoms with E-state index in [2.05, 4.69) is 0 Å². The lowest BCUT2D eigenvalue weighted by molar-refractivity contribution is 0.105. The Morgan fingerprint density at radius 1 is 0.893 bits per heavy atom. The highest BCUT2D eigenvalue weighted by molar-refractivity contribution is 7.95. The van der Waals surface area contributed by atoms with Crippen LogP contribution in [-0.2, 0) is 10.8 Å². The average Bonchev–Trinajstić information content (AvgIpc) is 3.00. The maximum Gasteiger partial charge on any atom is 0.194 e. The SMILES string of the molecule is CC(C)Oc1ccc2c(c1)S(=O)C(c1ccccc1)=C2C(=O)c1ccccc1. The summed E-state index contributed by atoms with van der Waals surface area (Å²) in [6, 6.07) is 24.1. The third-order valence-electron chi connectivity index (χ3n) is 4.51. The fourth-order valence-corrected chi connectivity index (χ4v) is 4.88. The topological polar surface area (TPSA) is 43.4 Å². The van der Waals surface area contributed by atoms with Crippen molar-refractivity contribution in [3.63, 3.8) is 0 Å². The van der Waals surface area contributed by atoms with Crippen LogP contribution < -0.4 is 4.74 Å². The number of ether oxygens (including phenoxy) is 1. The average molecular weight is 388 g/mol. The van der Waals surface area contributed by atoms with E-state index in [-0.39, 0.29) is 11.9 Å². The molecule has 4 rings (SSSR count). The van der Waals surface area contributed by atoms with Gasteiger partial charge in [-0.15, -0.1) is 0 Å². The molecule has 140 valence electrons. The van der Waals surface area contributed by atoms with Crippen LogP contribution in [0.2, 0.25) is 0 Å². The molecule has 0 fully saturated rings. The second-order valence-electron chi connectivity index (χ2n) is 6.86. The quantitative estimate of drug-likeness (QED) is 0.554. The predicted molar refractivity (Wildman–Crippen MR) is 113 cm³/mol. The maximum atomic E-state index is 13.4. The number of hydrogen-bond donors (Lipinski definition) is 0. The summed E-state index contributed by atoms with van der Waals surface area (Å²) in [5, 5.41) is 0. The summed E-state index contributed by atoms with van der Waals surface area (Å²) in [6.45, 7) is 3.89. The van der Waals surface area contributed by atoms with Gasteiger partial charge in [0, 0.05) is 16.7 Å². The lowest BCUT2D eigenvalue weighted by Crippen LogP contribution is -2.06. The lowest BCUT2D eigenvalue weighted by Gasteiger charge is -2.11. The van der Waals surface area contributed by atoms with Gasteiger partial charge >= 0.3 is 0 Å². The van der Waals surface area contributed by atoms with Crippen LogP contribution >= 0.6 is 0 Å². The number of carbonyl (C=O) groups excluding carboxylic acids is 1. The molecule has 0 bridgehead atoms. The van der Waals surface area contributed by atoms with Crippen LogP contribution in [0, 0.1) is 0 Å². The first-order valence-electron chi connectivity index (χ1n) is 9.18. The molecular weight excluding hydrogens is 368 g/mol. The molecule has 1 atom stereocenters. The molecule has 1 aliphatic rings. The molecule has 0 saturated heterocycles. The van der Waals surface area contributed by atoms with Gasteiger partial charge in [-0.3, -0.25) is 4.79 Å². The zero-order chi connectivity index (χ0) is 19.7. The van der Waals surface area contributed by atoms with Crippen molar-refractivity contribution in [2.24, 2.45) is 0 Å². The van der Waals surface area contributed by atoms with E-state index in [0.29, 0.717) is 32.3 Å². The Morgan fingerprint density at radius 2 is 1.54 bits per heavy atom. The zero-order valence-corrected chi connectivity index (χ0v) is 16.5. The normalized spacial score (nSPS) is 15.6. The van der Waals surface area contributed by atoms with Crippen molar-refractivity contribution in [2.75, 3.05) is 0 Å². The number of ketones is 1. The fraction of sp³-hybridized carbons (Fsp3) is 0.125. The monoisotopic (exact) mass is 388 g/mol. The molecule has 3 aromatic rings. The highest BCUT2D eigenvalue weighted by Gasteiger charge is 2.34. The van der Waals surface area contributed by atoms with Crippen LogP contribution in [0.25, 0.3) is 10.5 Å². The number of benzene rings is 3. The van der Waals surface area contributed by atoms with E-state index in [1.807, 2.05) is 74.5 Å². The Hall–Kier alpha value is -2.98. The molecule has 28 heavy (non-hydrogen) atoms. The molecule has 4 heteroatoms. The van der Waals surface area contributed by atoms with Gasteiger partial charge in [0.2, 0.25) is 0 Å². The molecule has 0 saturated carbocycles. The van der Waals surface area contributed by atoms with Gasteiger partial charge in [0.25, 0.3) is 0 Å². The summed E-state index contributed by atoms with van der Waals surface area (Å²) in [6.07, 6.45) is 0.0138. The van der Waals surface area contributed by atoms with Crippen molar-refractivity contribution < 1.29 is 13.7 Å². The van der Waals surface area contributed by atoms with Crippen molar-refractivity contribution in [1.29, 1.82) is 0 Å². The standard InChI is InChI=1S/C24H20O3S/c1-16(2)27-19-13-14-20-21(15-19)28(26)24(18-11-7-4-8-12-18)22(20)23(25)17-9-5-3-6-10-17/h3-16H,1-2H3. The van der Waals surface area contributed by atoms with E-state index in [9.17, 15) is 9.00 Å². The molecule has 0 spiro atoms. The van der Waals surface area contributed by atoms with Gasteiger partial charge in [0.05, 0.1) is 26.7 Å². The summed E-state index contributed by atoms with van der Waals surface area (Å²) < 4.78 is 19.2. The van der Waals surface area contributed by atoms with Crippen molar-refractivity contribution in [3.8, 4) is 5.75 Å². The number of fused-ring (bicyclic) bond motifs is 1. The number of carbonyl (C=O) groups is 1. The molecule has 3 aromatic carbocycles. The van der Waals surface area contributed by atoms with Crippen molar-refractivity contribution >= 4 is 27.1 Å². The lowest BCUT2D eigenvalue weighted by atomic mass is 9.94. The van der Waals surface area contributed by atoms with Gasteiger partial charge in [-0.2, -0.15) is 0 Å². The first-order chi connectivity index (χ1) is 13.6. The molecule has 0 aromatic heterocycles. The molecule has 3 nitrogen and oxygen atoms in total. The van der Waals surface area contributed by atoms with Crippen LogP contribution in [0.3, 0.4) is 0 Å². The van der Waals surface area contributed by atoms with Gasteiger partial charge in [-0.25, -0.2) is 4.21 Å². The highest BCUT2D eigenvalue weighted by Crippen LogP contribution is 2.44. The van der Waals surface area contributed by atoms with E-state index in [4.69, 9.17) is 4.74 Å². The van der Waals surface area contributed by atoms with Crippen LogP contribution in [0.5, 0.6) is 5.75 Å². The van der Waals surface area contributed by atoms with Crippen molar-refractivity contribution in [1.82, 2.24) is 0 Å². The van der Waals surface area contributed by atoms with Gasteiger partial charge < -0.3 is 4.74 Å². The van der Waals surface area contributed by atoms with E-state index in [1.54, 1.807) is 18.2 Å². The number of hydrogen-bond acceptors (Lipinski definition) is 3. The summed E-state index contributed by atoms with van der Waals surface area (Å²) in [4.78, 5) is 14.6. The summed E-state index contributed by atoms with van der Waals surface area (Å²) >= 11 is 0. The largest absolute Gasteiger partial charge is 0.491 e. The van der Waals surface area contributed by atoms with Crippen LogP contribution in [0.15, 0.2) is 83.8 Å². The summed E-state index contributed by atoms with van der Waals surface area (Å²) in [5.74, 6) is 0.534. The zero-order valence-electron chi connectivity index (χ0n) is 15.7. The Bertz CT molecular complexity index is 1080. The van der Waals surface area contributed by atoms with E-state index >= 15 is 0 Å². The Morgan fingerprint density at radius 3 is 2.18 bits per heavy atom. The highest BCUT2D eigenvalue weighted by atomic mass is 32.2. The number of rotatable bonds is 5. The number of Topliss-reactive ketones (excluding diaryl/α,β-unsaturated/α-hetero) is 1. The molecule has 1 unspecified atom stereocenters. The number of allylic oxidation sites excluding steroid dienone is 1. The Labute approximate surface area is 167 Å². The third-order valence-corrected chi connectivity index (χ3v) is 6.05. The summed E-state index contributed by atoms with van der Waals surface area (Å²) in [7, 11) is -1.46. The van der Waals surface area contributed by atoms with Gasteiger partial charge in [0.15, 0.2) is 5.78 Å². The fourth-order valence-electron chi connectivity index (χ4n) is 3.33. The van der Waals surface area contributed by atoms with Crippen molar-refractivity contribution in [3.05, 3.63) is 95.6 Å². The second kappa shape index (κ2) is 7.56. The smallest absolute Gasteiger partial charge is 0.194 e. The first kappa shape index (κ1) is 18.4. The second-order valence-corrected chi connectivity index (χ2v) is 8.24. The molecular formula is C24H20O3S. The van der Waals surface area contributed by atoms with Crippen molar-refractivity contribution in [2.45, 2.75) is 24.8 Å². The van der Waals surface area contributed by atoms with Gasteiger partial charge in [-0.1, -0.05) is 60.7 Å². The van der Waals surface area contributed by atoms with Crippen LogP contribution in [0.4, 0.5) is 0 Å².